The Kier molecular flexibility index (Phi) is 6.03. The number of thiazole rings is 1. The second-order valence-corrected chi connectivity index (χ2v) is 11.7. The normalized spacial score (nSPS) is 15.2. The van der Waals surface area contributed by atoms with Gasteiger partial charge in [0.15, 0.2) is 5.13 Å². The number of hydrogen-bond donors (Lipinski definition) is 2. The molecule has 31 heavy (non-hydrogen) atoms. The first-order valence-electron chi connectivity index (χ1n) is 9.93. The molecule has 0 saturated heterocycles. The molecule has 0 saturated carbocycles. The number of hydrogen-bond acceptors (Lipinski definition) is 6. The molecule has 1 aromatic carbocycles. The molecule has 2 N–H and O–H groups in total. The molecule has 1 aliphatic rings. The summed E-state index contributed by atoms with van der Waals surface area (Å²) in [5, 5.41) is 3.11. The zero-order valence-corrected chi connectivity index (χ0v) is 20.4. The minimum atomic E-state index is -3.88. The summed E-state index contributed by atoms with van der Waals surface area (Å²) in [6.45, 7) is 11.7. The molecular formula is C21H28N4O4S2. The first kappa shape index (κ1) is 23.4. The van der Waals surface area contributed by atoms with Crippen molar-refractivity contribution in [1.82, 2.24) is 14.6 Å². The molecule has 8 nitrogen and oxygen atoms in total. The van der Waals surface area contributed by atoms with Gasteiger partial charge >= 0.3 is 0 Å². The van der Waals surface area contributed by atoms with E-state index in [1.54, 1.807) is 11.8 Å². The molecule has 0 spiro atoms. The molecule has 0 radical (unpaired) electrons. The molecule has 0 fully saturated rings. The maximum Gasteiger partial charge on any atom is 0.256 e. The van der Waals surface area contributed by atoms with Crippen molar-refractivity contribution in [3.63, 3.8) is 0 Å². The smallest absolute Gasteiger partial charge is 0.256 e. The zero-order valence-electron chi connectivity index (χ0n) is 18.8. The Balaban J connectivity index is 2.18. The van der Waals surface area contributed by atoms with Crippen LogP contribution in [0.5, 0.6) is 0 Å². The minimum absolute atomic E-state index is 0.0370. The van der Waals surface area contributed by atoms with Gasteiger partial charge in [-0.2, -0.15) is 0 Å². The SMILES string of the molecule is CNS(=O)(=O)c1cc(-c2sc(NC(C)=O)nc2C)cc2c1C(=O)N(C(C)C(C)(C)C)C2. The number of fused-ring (bicyclic) bond motifs is 1. The summed E-state index contributed by atoms with van der Waals surface area (Å²) in [7, 11) is -2.55. The summed E-state index contributed by atoms with van der Waals surface area (Å²) in [6.07, 6.45) is 0. The number of nitrogens with one attached hydrogen (secondary N) is 2. The van der Waals surface area contributed by atoms with Crippen molar-refractivity contribution < 1.29 is 18.0 Å². The Morgan fingerprint density at radius 2 is 1.94 bits per heavy atom. The lowest BCUT2D eigenvalue weighted by atomic mass is 9.87. The number of rotatable bonds is 5. The van der Waals surface area contributed by atoms with Gasteiger partial charge in [-0.15, -0.1) is 0 Å². The lowest BCUT2D eigenvalue weighted by Gasteiger charge is -2.35. The van der Waals surface area contributed by atoms with Gasteiger partial charge in [0.2, 0.25) is 15.9 Å². The van der Waals surface area contributed by atoms with Crippen LogP contribution in [-0.2, 0) is 21.4 Å². The van der Waals surface area contributed by atoms with Crippen LogP contribution in [0.25, 0.3) is 10.4 Å². The second-order valence-electron chi connectivity index (χ2n) is 8.81. The number of aromatic nitrogens is 1. The Hall–Kier alpha value is -2.30. The van der Waals surface area contributed by atoms with Crippen LogP contribution in [0.4, 0.5) is 5.13 Å². The highest BCUT2D eigenvalue weighted by molar-refractivity contribution is 7.89. The number of amides is 2. The van der Waals surface area contributed by atoms with Crippen LogP contribution in [-0.4, -0.2) is 43.2 Å². The molecule has 2 aromatic rings. The molecule has 3 rings (SSSR count). The van der Waals surface area contributed by atoms with Gasteiger partial charge in [-0.1, -0.05) is 32.1 Å². The number of carbonyl (C=O) groups is 2. The van der Waals surface area contributed by atoms with Gasteiger partial charge in [-0.3, -0.25) is 9.59 Å². The standard InChI is InChI=1S/C21H28N4O4S2/c1-11-18(30-20(23-11)24-13(3)26)14-8-15-10-25(12(2)21(4,5)6)19(27)17(15)16(9-14)31(28,29)22-7/h8-9,12,22H,10H2,1-7H3,(H,23,24,26). The van der Waals surface area contributed by atoms with Crippen molar-refractivity contribution in [3.8, 4) is 10.4 Å². The van der Waals surface area contributed by atoms with Crippen LogP contribution in [0.2, 0.25) is 0 Å². The van der Waals surface area contributed by atoms with Crippen molar-refractivity contribution in [2.24, 2.45) is 5.41 Å². The van der Waals surface area contributed by atoms with Crippen LogP contribution in [0, 0.1) is 12.3 Å². The van der Waals surface area contributed by atoms with Crippen LogP contribution in [0.15, 0.2) is 17.0 Å². The number of aryl methyl sites for hydroxylation is 1. The first-order chi connectivity index (χ1) is 14.3. The van der Waals surface area contributed by atoms with Crippen molar-refractivity contribution >= 4 is 38.3 Å². The van der Waals surface area contributed by atoms with Gasteiger partial charge in [0.25, 0.3) is 5.91 Å². The first-order valence-corrected chi connectivity index (χ1v) is 12.2. The third-order valence-electron chi connectivity index (χ3n) is 5.62. The molecule has 2 heterocycles. The van der Waals surface area contributed by atoms with E-state index in [1.165, 1.54) is 31.4 Å². The van der Waals surface area contributed by atoms with E-state index in [2.05, 4.69) is 35.8 Å². The fraction of sp³-hybridized carbons (Fsp3) is 0.476. The zero-order chi connectivity index (χ0) is 23.3. The minimum Gasteiger partial charge on any atom is -0.331 e. The molecule has 1 atom stereocenters. The second kappa shape index (κ2) is 7.99. The average molecular weight is 465 g/mol. The Morgan fingerprint density at radius 3 is 2.48 bits per heavy atom. The highest BCUT2D eigenvalue weighted by Gasteiger charge is 2.39. The molecule has 0 bridgehead atoms. The van der Waals surface area contributed by atoms with Gasteiger partial charge in [0, 0.05) is 19.5 Å². The molecule has 1 aromatic heterocycles. The van der Waals surface area contributed by atoms with Gasteiger partial charge in [-0.25, -0.2) is 18.1 Å². The van der Waals surface area contributed by atoms with E-state index in [4.69, 9.17) is 0 Å². The lowest BCUT2D eigenvalue weighted by Crippen LogP contribution is -2.42. The van der Waals surface area contributed by atoms with Gasteiger partial charge in [0.05, 0.1) is 21.0 Å². The van der Waals surface area contributed by atoms with E-state index >= 15 is 0 Å². The fourth-order valence-corrected chi connectivity index (χ4v) is 5.53. The number of anilines is 1. The van der Waals surface area contributed by atoms with E-state index in [-0.39, 0.29) is 33.7 Å². The summed E-state index contributed by atoms with van der Waals surface area (Å²) in [5.41, 5.74) is 2.05. The van der Waals surface area contributed by atoms with E-state index in [9.17, 15) is 18.0 Å². The molecule has 0 aliphatic carbocycles. The molecule has 10 heteroatoms. The fourth-order valence-electron chi connectivity index (χ4n) is 3.54. The number of nitrogens with zero attached hydrogens (tertiary/aromatic N) is 2. The Bertz CT molecular complexity index is 1160. The molecular weight excluding hydrogens is 436 g/mol. The largest absolute Gasteiger partial charge is 0.331 e. The third kappa shape index (κ3) is 4.37. The Morgan fingerprint density at radius 1 is 1.29 bits per heavy atom. The quantitative estimate of drug-likeness (QED) is 0.705. The van der Waals surface area contributed by atoms with Gasteiger partial charge in [0.1, 0.15) is 0 Å². The predicted octanol–water partition coefficient (Wildman–Crippen LogP) is 3.38. The van der Waals surface area contributed by atoms with Crippen molar-refractivity contribution in [3.05, 3.63) is 29.0 Å². The van der Waals surface area contributed by atoms with E-state index in [1.807, 2.05) is 13.0 Å². The van der Waals surface area contributed by atoms with E-state index in [0.717, 1.165) is 4.88 Å². The lowest BCUT2D eigenvalue weighted by molar-refractivity contribution is -0.114. The van der Waals surface area contributed by atoms with Crippen LogP contribution < -0.4 is 10.0 Å². The topological polar surface area (TPSA) is 108 Å². The highest BCUT2D eigenvalue weighted by atomic mass is 32.2. The molecule has 2 amide bonds. The van der Waals surface area contributed by atoms with E-state index in [0.29, 0.717) is 28.5 Å². The summed E-state index contributed by atoms with van der Waals surface area (Å²) >= 11 is 1.27. The molecule has 168 valence electrons. The maximum absolute atomic E-state index is 13.3. The van der Waals surface area contributed by atoms with Gasteiger partial charge < -0.3 is 10.2 Å². The Labute approximate surface area is 187 Å². The number of sulfonamides is 1. The van der Waals surface area contributed by atoms with Crippen LogP contribution in [0.1, 0.15) is 56.2 Å². The monoisotopic (exact) mass is 464 g/mol. The van der Waals surface area contributed by atoms with Crippen LogP contribution >= 0.6 is 11.3 Å². The van der Waals surface area contributed by atoms with Crippen molar-refractivity contribution in [2.75, 3.05) is 12.4 Å². The maximum atomic E-state index is 13.3. The van der Waals surface area contributed by atoms with Gasteiger partial charge in [-0.05, 0) is 49.6 Å². The third-order valence-corrected chi connectivity index (χ3v) is 8.18. The number of benzene rings is 1. The molecule has 1 unspecified atom stereocenters. The summed E-state index contributed by atoms with van der Waals surface area (Å²) < 4.78 is 28.0. The van der Waals surface area contributed by atoms with Crippen molar-refractivity contribution in [2.45, 2.75) is 59.0 Å². The number of carbonyl (C=O) groups excluding carboxylic acids is 2. The summed E-state index contributed by atoms with van der Waals surface area (Å²) in [4.78, 5) is 31.5. The summed E-state index contributed by atoms with van der Waals surface area (Å²) in [5.74, 6) is -0.511. The average Bonchev–Trinajstić information content (AvgIpc) is 3.18. The molecule has 1 aliphatic heterocycles. The highest BCUT2D eigenvalue weighted by Crippen LogP contribution is 2.40. The summed E-state index contributed by atoms with van der Waals surface area (Å²) in [6, 6.07) is 3.29. The van der Waals surface area contributed by atoms with Crippen molar-refractivity contribution in [1.29, 1.82) is 0 Å². The van der Waals surface area contributed by atoms with E-state index < -0.39 is 10.0 Å². The predicted molar refractivity (Wildman–Crippen MR) is 122 cm³/mol. The van der Waals surface area contributed by atoms with Crippen LogP contribution in [0.3, 0.4) is 0 Å².